The van der Waals surface area contributed by atoms with E-state index in [-0.39, 0.29) is 17.2 Å². The van der Waals surface area contributed by atoms with Crippen LogP contribution in [0, 0.1) is 0 Å². The van der Waals surface area contributed by atoms with E-state index in [1.54, 1.807) is 18.2 Å². The molecule has 132 valence electrons. The molecule has 0 aromatic carbocycles. The molecular weight excluding hydrogens is 322 g/mol. The molecule has 1 amide bonds. The highest BCUT2D eigenvalue weighted by atomic mass is 16.5. The monoisotopic (exact) mass is 343 g/mol. The molecule has 2 aromatic heterocycles. The minimum Gasteiger partial charge on any atom is -0.477 e. The Bertz CT molecular complexity index is 801. The molecule has 0 bridgehead atoms. The zero-order valence-corrected chi connectivity index (χ0v) is 14.2. The zero-order valence-electron chi connectivity index (χ0n) is 14.2. The molecule has 1 N–H and O–H groups in total. The molecule has 0 fully saturated rings. The van der Waals surface area contributed by atoms with Crippen molar-refractivity contribution in [2.45, 2.75) is 39.2 Å². The second-order valence-corrected chi connectivity index (χ2v) is 5.83. The van der Waals surface area contributed by atoms with E-state index in [1.807, 2.05) is 6.92 Å². The lowest BCUT2D eigenvalue weighted by Crippen LogP contribution is -2.33. The number of carbonyl (C=O) groups excluding carboxylic acids is 1. The summed E-state index contributed by atoms with van der Waals surface area (Å²) in [6.45, 7) is 2.95. The van der Waals surface area contributed by atoms with Gasteiger partial charge >= 0.3 is 0 Å². The van der Waals surface area contributed by atoms with Gasteiger partial charge in [-0.1, -0.05) is 0 Å². The molecular formula is C17H21N5O3. The summed E-state index contributed by atoms with van der Waals surface area (Å²) in [6, 6.07) is 4.82. The highest BCUT2D eigenvalue weighted by Gasteiger charge is 2.13. The van der Waals surface area contributed by atoms with Gasteiger partial charge < -0.3 is 10.1 Å². The first-order chi connectivity index (χ1) is 12.2. The Morgan fingerprint density at radius 1 is 1.28 bits per heavy atom. The number of ether oxygens (including phenoxy) is 1. The van der Waals surface area contributed by atoms with Gasteiger partial charge in [-0.2, -0.15) is 5.10 Å². The number of hydrogen-bond acceptors (Lipinski definition) is 6. The topological polar surface area (TPSA) is 99.0 Å². The molecule has 2 heterocycles. The SMILES string of the molecule is CCOc1ccc(C(=O)NCCn2nc3c(cc2=O)CCCC3)nn1. The highest BCUT2D eigenvalue weighted by molar-refractivity contribution is 5.92. The summed E-state index contributed by atoms with van der Waals surface area (Å²) >= 11 is 0. The van der Waals surface area contributed by atoms with E-state index >= 15 is 0 Å². The number of amides is 1. The largest absolute Gasteiger partial charge is 0.477 e. The third-order valence-electron chi connectivity index (χ3n) is 4.05. The van der Waals surface area contributed by atoms with Crippen LogP contribution < -0.4 is 15.6 Å². The molecule has 0 spiro atoms. The zero-order chi connectivity index (χ0) is 17.6. The first kappa shape index (κ1) is 17.1. The number of nitrogens with zero attached hydrogens (tertiary/aromatic N) is 4. The van der Waals surface area contributed by atoms with E-state index in [0.29, 0.717) is 25.6 Å². The van der Waals surface area contributed by atoms with Crippen molar-refractivity contribution in [3.63, 3.8) is 0 Å². The van der Waals surface area contributed by atoms with Crippen molar-refractivity contribution >= 4 is 5.91 Å². The van der Waals surface area contributed by atoms with Gasteiger partial charge in [0.2, 0.25) is 5.88 Å². The van der Waals surface area contributed by atoms with Crippen molar-refractivity contribution < 1.29 is 9.53 Å². The molecule has 8 nitrogen and oxygen atoms in total. The summed E-state index contributed by atoms with van der Waals surface area (Å²) in [5.41, 5.74) is 2.13. The van der Waals surface area contributed by atoms with E-state index < -0.39 is 0 Å². The molecule has 1 aliphatic rings. The Labute approximate surface area is 145 Å². The van der Waals surface area contributed by atoms with Crippen LogP contribution in [0.2, 0.25) is 0 Å². The Balaban J connectivity index is 1.57. The fourth-order valence-electron chi connectivity index (χ4n) is 2.79. The summed E-state index contributed by atoms with van der Waals surface area (Å²) < 4.78 is 6.60. The average molecular weight is 343 g/mol. The Kier molecular flexibility index (Phi) is 5.37. The van der Waals surface area contributed by atoms with Gasteiger partial charge in [-0.05, 0) is 44.2 Å². The number of rotatable bonds is 6. The van der Waals surface area contributed by atoms with Gasteiger partial charge in [-0.25, -0.2) is 4.68 Å². The first-order valence-corrected chi connectivity index (χ1v) is 8.52. The summed E-state index contributed by atoms with van der Waals surface area (Å²) in [5.74, 6) is 0.0328. The Morgan fingerprint density at radius 3 is 2.88 bits per heavy atom. The molecule has 3 rings (SSSR count). The van der Waals surface area contributed by atoms with E-state index in [2.05, 4.69) is 20.6 Å². The number of aromatic nitrogens is 4. The molecule has 1 aliphatic carbocycles. The van der Waals surface area contributed by atoms with E-state index in [4.69, 9.17) is 4.74 Å². The smallest absolute Gasteiger partial charge is 0.271 e. The maximum Gasteiger partial charge on any atom is 0.271 e. The molecule has 0 atom stereocenters. The van der Waals surface area contributed by atoms with Crippen molar-refractivity contribution in [1.82, 2.24) is 25.3 Å². The van der Waals surface area contributed by atoms with E-state index in [1.165, 1.54) is 4.68 Å². The minimum atomic E-state index is -0.346. The van der Waals surface area contributed by atoms with Crippen LogP contribution >= 0.6 is 0 Å². The van der Waals surface area contributed by atoms with Gasteiger partial charge in [0.25, 0.3) is 11.5 Å². The predicted octanol–water partition coefficient (Wildman–Crippen LogP) is 0.741. The molecule has 0 unspecified atom stereocenters. The van der Waals surface area contributed by atoms with Crippen molar-refractivity contribution in [2.24, 2.45) is 0 Å². The molecule has 25 heavy (non-hydrogen) atoms. The predicted molar refractivity (Wildman–Crippen MR) is 90.7 cm³/mol. The number of fused-ring (bicyclic) bond motifs is 1. The van der Waals surface area contributed by atoms with Crippen molar-refractivity contribution in [3.8, 4) is 5.88 Å². The van der Waals surface area contributed by atoms with Crippen LogP contribution in [0.1, 0.15) is 41.5 Å². The maximum atomic E-state index is 12.1. The molecule has 2 aromatic rings. The number of nitrogens with one attached hydrogen (secondary N) is 1. The summed E-state index contributed by atoms with van der Waals surface area (Å²) in [4.78, 5) is 24.1. The normalized spacial score (nSPS) is 13.2. The lowest BCUT2D eigenvalue weighted by Gasteiger charge is -2.15. The van der Waals surface area contributed by atoms with Crippen LogP contribution in [0.3, 0.4) is 0 Å². The summed E-state index contributed by atoms with van der Waals surface area (Å²) in [5, 5.41) is 14.8. The van der Waals surface area contributed by atoms with Crippen molar-refractivity contribution in [2.75, 3.05) is 13.2 Å². The van der Waals surface area contributed by atoms with Crippen LogP contribution in [0.5, 0.6) is 5.88 Å². The molecule has 0 saturated heterocycles. The highest BCUT2D eigenvalue weighted by Crippen LogP contribution is 2.16. The molecule has 8 heteroatoms. The Morgan fingerprint density at radius 2 is 2.12 bits per heavy atom. The first-order valence-electron chi connectivity index (χ1n) is 8.52. The van der Waals surface area contributed by atoms with Crippen LogP contribution in [-0.2, 0) is 19.4 Å². The van der Waals surface area contributed by atoms with Gasteiger partial charge in [0.15, 0.2) is 5.69 Å². The molecule has 0 radical (unpaired) electrons. The van der Waals surface area contributed by atoms with Crippen LogP contribution in [0.15, 0.2) is 23.0 Å². The third kappa shape index (κ3) is 4.20. The lowest BCUT2D eigenvalue weighted by molar-refractivity contribution is 0.0945. The quantitative estimate of drug-likeness (QED) is 0.830. The van der Waals surface area contributed by atoms with Gasteiger partial charge in [-0.3, -0.25) is 9.59 Å². The summed E-state index contributed by atoms with van der Waals surface area (Å²) in [7, 11) is 0. The molecule has 0 aliphatic heterocycles. The lowest BCUT2D eigenvalue weighted by atomic mass is 9.97. The van der Waals surface area contributed by atoms with Gasteiger partial charge in [-0.15, -0.1) is 10.2 Å². The third-order valence-corrected chi connectivity index (χ3v) is 4.05. The van der Waals surface area contributed by atoms with Gasteiger partial charge in [0.1, 0.15) is 0 Å². The van der Waals surface area contributed by atoms with Crippen LogP contribution in [0.4, 0.5) is 0 Å². The van der Waals surface area contributed by atoms with Crippen molar-refractivity contribution in [3.05, 3.63) is 45.5 Å². The number of carbonyl (C=O) groups is 1. The van der Waals surface area contributed by atoms with Crippen LogP contribution in [-0.4, -0.2) is 39.0 Å². The number of aryl methyl sites for hydroxylation is 2. The van der Waals surface area contributed by atoms with Crippen LogP contribution in [0.25, 0.3) is 0 Å². The van der Waals surface area contributed by atoms with E-state index in [0.717, 1.165) is 36.9 Å². The van der Waals surface area contributed by atoms with E-state index in [9.17, 15) is 9.59 Å². The second-order valence-electron chi connectivity index (χ2n) is 5.83. The fourth-order valence-corrected chi connectivity index (χ4v) is 2.79. The minimum absolute atomic E-state index is 0.129. The number of hydrogen-bond donors (Lipinski definition) is 1. The van der Waals surface area contributed by atoms with Crippen molar-refractivity contribution in [1.29, 1.82) is 0 Å². The Hall–Kier alpha value is -2.77. The standard InChI is InChI=1S/C17H21N5O3/c1-2-25-15-8-7-14(19-20-15)17(24)18-9-10-22-16(23)11-12-5-3-4-6-13(12)21-22/h7-8,11H,2-6,9-10H2,1H3,(H,18,24). The second kappa shape index (κ2) is 7.87. The van der Waals surface area contributed by atoms with Gasteiger partial charge in [0.05, 0.1) is 18.8 Å². The average Bonchev–Trinajstić information content (AvgIpc) is 2.63. The van der Waals surface area contributed by atoms with Gasteiger partial charge in [0, 0.05) is 18.7 Å². The fraction of sp³-hybridized carbons (Fsp3) is 0.471. The molecule has 0 saturated carbocycles. The maximum absolute atomic E-state index is 12.1. The summed E-state index contributed by atoms with van der Waals surface area (Å²) in [6.07, 6.45) is 4.04.